The van der Waals surface area contributed by atoms with E-state index in [1.807, 2.05) is 0 Å². The highest BCUT2D eigenvalue weighted by molar-refractivity contribution is 5.82. The zero-order chi connectivity index (χ0) is 12.3. The van der Waals surface area contributed by atoms with E-state index < -0.39 is 0 Å². The fourth-order valence-corrected chi connectivity index (χ4v) is 2.81. The molecule has 2 aliphatic rings. The lowest BCUT2D eigenvalue weighted by Gasteiger charge is -2.33. The van der Waals surface area contributed by atoms with Crippen LogP contribution in [0.5, 0.6) is 0 Å². The van der Waals surface area contributed by atoms with E-state index >= 15 is 0 Å². The van der Waals surface area contributed by atoms with Crippen molar-refractivity contribution in [2.24, 2.45) is 5.92 Å². The van der Waals surface area contributed by atoms with Gasteiger partial charge in [0.25, 0.3) is 0 Å². The average Bonchev–Trinajstić information content (AvgIpc) is 2.35. The number of nitrogens with one attached hydrogen (secondary N) is 2. The average molecular weight is 240 g/mol. The lowest BCUT2D eigenvalue weighted by atomic mass is 9.84. The maximum atomic E-state index is 12.0. The summed E-state index contributed by atoms with van der Waals surface area (Å²) in [5.74, 6) is 0.493. The van der Waals surface area contributed by atoms with Gasteiger partial charge in [0, 0.05) is 6.04 Å². The minimum atomic E-state index is -0.256. The molecule has 4 atom stereocenters. The van der Waals surface area contributed by atoms with Crippen LogP contribution in [0.25, 0.3) is 0 Å². The molecule has 4 nitrogen and oxygen atoms in total. The maximum Gasteiger partial charge on any atom is 0.237 e. The van der Waals surface area contributed by atoms with Gasteiger partial charge in [-0.2, -0.15) is 0 Å². The third-order valence-corrected chi connectivity index (χ3v) is 4.13. The molecule has 17 heavy (non-hydrogen) atoms. The van der Waals surface area contributed by atoms with E-state index in [0.29, 0.717) is 12.3 Å². The fourth-order valence-electron chi connectivity index (χ4n) is 2.81. The molecular weight excluding hydrogens is 216 g/mol. The fraction of sp³-hybridized carbons (Fsp3) is 0.923. The second-order valence-electron chi connectivity index (χ2n) is 5.57. The first-order chi connectivity index (χ1) is 8.16. The van der Waals surface area contributed by atoms with E-state index in [-0.39, 0.29) is 24.1 Å². The van der Waals surface area contributed by atoms with Crippen LogP contribution >= 0.6 is 0 Å². The predicted octanol–water partition coefficient (Wildman–Crippen LogP) is 0.794. The number of hydrogen-bond donors (Lipinski definition) is 3. The monoisotopic (exact) mass is 240 g/mol. The van der Waals surface area contributed by atoms with Gasteiger partial charge in [-0.3, -0.25) is 4.79 Å². The number of carbonyl (C=O) groups excluding carboxylic acids is 1. The molecule has 1 aliphatic heterocycles. The minimum Gasteiger partial charge on any atom is -0.393 e. The molecule has 1 saturated heterocycles. The zero-order valence-corrected chi connectivity index (χ0v) is 10.6. The van der Waals surface area contributed by atoms with Gasteiger partial charge in [-0.1, -0.05) is 13.3 Å². The van der Waals surface area contributed by atoms with Crippen molar-refractivity contribution in [3.63, 3.8) is 0 Å². The number of aliphatic hydroxyl groups is 1. The van der Waals surface area contributed by atoms with Crippen molar-refractivity contribution >= 4 is 5.91 Å². The van der Waals surface area contributed by atoms with Crippen molar-refractivity contribution in [1.82, 2.24) is 10.6 Å². The number of carbonyl (C=O) groups is 1. The van der Waals surface area contributed by atoms with Gasteiger partial charge in [0.15, 0.2) is 0 Å². The summed E-state index contributed by atoms with van der Waals surface area (Å²) in [6, 6.07) is 0.151. The van der Waals surface area contributed by atoms with Gasteiger partial charge in [0.1, 0.15) is 0 Å². The SMILES string of the molecule is C[C@H]1CC[C@H](NC(=O)[C@@H]2CCCCN2)C[C@@H]1O. The van der Waals surface area contributed by atoms with Gasteiger partial charge in [0.2, 0.25) is 5.91 Å². The van der Waals surface area contributed by atoms with Gasteiger partial charge < -0.3 is 15.7 Å². The highest BCUT2D eigenvalue weighted by Crippen LogP contribution is 2.24. The molecule has 0 aromatic carbocycles. The molecule has 0 bridgehead atoms. The number of piperidine rings is 1. The Morgan fingerprint density at radius 2 is 2.12 bits per heavy atom. The molecule has 98 valence electrons. The normalized spacial score (nSPS) is 38.7. The Balaban J connectivity index is 1.78. The van der Waals surface area contributed by atoms with Gasteiger partial charge >= 0.3 is 0 Å². The lowest BCUT2D eigenvalue weighted by Crippen LogP contribution is -2.51. The largest absolute Gasteiger partial charge is 0.393 e. The molecule has 2 fully saturated rings. The summed E-state index contributed by atoms with van der Waals surface area (Å²) in [5, 5.41) is 16.1. The Kier molecular flexibility index (Phi) is 4.40. The van der Waals surface area contributed by atoms with Crippen molar-refractivity contribution in [3.05, 3.63) is 0 Å². The van der Waals surface area contributed by atoms with E-state index in [9.17, 15) is 9.90 Å². The summed E-state index contributed by atoms with van der Waals surface area (Å²) >= 11 is 0. The minimum absolute atomic E-state index is 0.0137. The standard InChI is InChI=1S/C13H24N2O2/c1-9-5-6-10(8-12(9)16)15-13(17)11-4-2-3-7-14-11/h9-12,14,16H,2-8H2,1H3,(H,15,17)/t9-,10-,11-,12-/m0/s1. The van der Waals surface area contributed by atoms with Crippen LogP contribution in [-0.4, -0.2) is 35.7 Å². The summed E-state index contributed by atoms with van der Waals surface area (Å²) in [7, 11) is 0. The van der Waals surface area contributed by atoms with Crippen LogP contribution in [0.2, 0.25) is 0 Å². The zero-order valence-electron chi connectivity index (χ0n) is 10.6. The molecule has 0 aromatic rings. The van der Waals surface area contributed by atoms with E-state index in [1.54, 1.807) is 0 Å². The molecule has 1 saturated carbocycles. The van der Waals surface area contributed by atoms with E-state index in [1.165, 1.54) is 6.42 Å². The van der Waals surface area contributed by atoms with E-state index in [4.69, 9.17) is 0 Å². The second kappa shape index (κ2) is 5.83. The first-order valence-corrected chi connectivity index (χ1v) is 6.88. The molecule has 3 N–H and O–H groups in total. The van der Waals surface area contributed by atoms with Crippen molar-refractivity contribution in [1.29, 1.82) is 0 Å². The summed E-state index contributed by atoms with van der Waals surface area (Å²) in [4.78, 5) is 12.0. The quantitative estimate of drug-likeness (QED) is 0.669. The summed E-state index contributed by atoms with van der Waals surface area (Å²) in [6.07, 6.45) is 5.70. The summed E-state index contributed by atoms with van der Waals surface area (Å²) in [5.41, 5.74) is 0. The summed E-state index contributed by atoms with van der Waals surface area (Å²) in [6.45, 7) is 3.02. The lowest BCUT2D eigenvalue weighted by molar-refractivity contribution is -0.125. The second-order valence-corrected chi connectivity index (χ2v) is 5.57. The van der Waals surface area contributed by atoms with Crippen molar-refractivity contribution in [2.45, 2.75) is 63.6 Å². The topological polar surface area (TPSA) is 61.4 Å². The van der Waals surface area contributed by atoms with Crippen LogP contribution in [0, 0.1) is 5.92 Å². The van der Waals surface area contributed by atoms with Crippen molar-refractivity contribution in [2.75, 3.05) is 6.54 Å². The first-order valence-electron chi connectivity index (χ1n) is 6.88. The van der Waals surface area contributed by atoms with Crippen LogP contribution in [0.3, 0.4) is 0 Å². The highest BCUT2D eigenvalue weighted by atomic mass is 16.3. The number of amides is 1. The van der Waals surface area contributed by atoms with Crippen LogP contribution in [0.4, 0.5) is 0 Å². The molecule has 0 spiro atoms. The Morgan fingerprint density at radius 3 is 2.76 bits per heavy atom. The van der Waals surface area contributed by atoms with Crippen LogP contribution < -0.4 is 10.6 Å². The van der Waals surface area contributed by atoms with Gasteiger partial charge in [0.05, 0.1) is 12.1 Å². The molecule has 1 amide bonds. The van der Waals surface area contributed by atoms with E-state index in [0.717, 1.165) is 32.2 Å². The predicted molar refractivity (Wildman–Crippen MR) is 66.6 cm³/mol. The van der Waals surface area contributed by atoms with Crippen molar-refractivity contribution in [3.8, 4) is 0 Å². The van der Waals surface area contributed by atoms with Gasteiger partial charge in [-0.25, -0.2) is 0 Å². The van der Waals surface area contributed by atoms with Crippen molar-refractivity contribution < 1.29 is 9.90 Å². The van der Waals surface area contributed by atoms with Crippen LogP contribution in [0.1, 0.15) is 45.4 Å². The smallest absolute Gasteiger partial charge is 0.237 e. The molecule has 0 aromatic heterocycles. The van der Waals surface area contributed by atoms with E-state index in [2.05, 4.69) is 17.6 Å². The van der Waals surface area contributed by atoms with Crippen LogP contribution in [-0.2, 0) is 4.79 Å². The number of aliphatic hydroxyl groups excluding tert-OH is 1. The van der Waals surface area contributed by atoms with Gasteiger partial charge in [-0.05, 0) is 44.6 Å². The third-order valence-electron chi connectivity index (χ3n) is 4.13. The molecule has 0 radical (unpaired) electrons. The number of rotatable bonds is 2. The Hall–Kier alpha value is -0.610. The molecule has 4 heteroatoms. The summed E-state index contributed by atoms with van der Waals surface area (Å²) < 4.78 is 0. The van der Waals surface area contributed by atoms with Crippen LogP contribution in [0.15, 0.2) is 0 Å². The highest BCUT2D eigenvalue weighted by Gasteiger charge is 2.29. The molecule has 1 aliphatic carbocycles. The Labute approximate surface area is 103 Å². The maximum absolute atomic E-state index is 12.0. The first kappa shape index (κ1) is 12.8. The number of hydrogen-bond acceptors (Lipinski definition) is 3. The molecule has 2 rings (SSSR count). The Bertz CT molecular complexity index is 264. The molecule has 1 heterocycles. The Morgan fingerprint density at radius 1 is 1.29 bits per heavy atom. The van der Waals surface area contributed by atoms with Gasteiger partial charge in [-0.15, -0.1) is 0 Å². The third kappa shape index (κ3) is 3.42. The molecule has 0 unspecified atom stereocenters. The molecular formula is C13H24N2O2.